The predicted octanol–water partition coefficient (Wildman–Crippen LogP) is 11.9. The topological polar surface area (TPSA) is 307 Å². The van der Waals surface area contributed by atoms with Gasteiger partial charge in [0.05, 0.1) is 38.6 Å². The van der Waals surface area contributed by atoms with Crippen LogP contribution in [0.25, 0.3) is 0 Å². The highest BCUT2D eigenvalue weighted by Crippen LogP contribution is 2.33. The molecule has 3 saturated heterocycles. The van der Waals surface area contributed by atoms with Crippen molar-refractivity contribution in [3.8, 4) is 0 Å². The smallest absolute Gasteiger partial charge is 0.220 e. The van der Waals surface area contributed by atoms with Gasteiger partial charge in [-0.25, -0.2) is 0 Å². The van der Waals surface area contributed by atoms with Gasteiger partial charge in [-0.05, 0) is 44.9 Å². The van der Waals surface area contributed by atoms with E-state index in [1.54, 1.807) is 6.08 Å². The molecule has 19 heteroatoms. The van der Waals surface area contributed by atoms with Crippen LogP contribution < -0.4 is 5.32 Å². The maximum absolute atomic E-state index is 13.4. The molecule has 95 heavy (non-hydrogen) atoms. The summed E-state index contributed by atoms with van der Waals surface area (Å²) in [5.74, 6) is -0.284. The third-order valence-corrected chi connectivity index (χ3v) is 19.4. The second-order valence-electron chi connectivity index (χ2n) is 27.8. The molecule has 0 spiro atoms. The van der Waals surface area contributed by atoms with E-state index in [1.165, 1.54) is 231 Å². The van der Waals surface area contributed by atoms with Crippen molar-refractivity contribution in [2.75, 3.05) is 26.4 Å². The third kappa shape index (κ3) is 38.6. The summed E-state index contributed by atoms with van der Waals surface area (Å²) in [7, 11) is 0. The van der Waals surface area contributed by atoms with Crippen LogP contribution in [-0.4, -0.2) is 193 Å². The van der Waals surface area contributed by atoms with Crippen LogP contribution in [0, 0.1) is 0 Å². The molecule has 3 rings (SSSR count). The first kappa shape index (κ1) is 87.2. The summed E-state index contributed by atoms with van der Waals surface area (Å²) in [5.41, 5.74) is 0. The fraction of sp³-hybridized carbons (Fsp3) is 0.908. The first-order valence-electron chi connectivity index (χ1n) is 38.7. The Morgan fingerprint density at radius 1 is 0.368 bits per heavy atom. The van der Waals surface area contributed by atoms with E-state index in [9.17, 15) is 61.0 Å². The summed E-state index contributed by atoms with van der Waals surface area (Å²) in [6.45, 7) is 1.73. The standard InChI is InChI=1S/C76H141NO18/c1-3-5-7-9-11-13-15-17-19-21-22-23-24-25-26-27-28-29-30-31-32-33-34-35-36-37-38-40-42-44-46-48-50-52-54-64(82)77-59(60(81)53-51-49-47-45-43-41-39-20-18-16-14-12-10-8-6-4-2)58-90-74-70(88)67(85)72(62(56-79)92-74)95-76-71(89)68(86)73(63(57-80)93-76)94-75-69(87)66(84)65(83)61(55-78)91-75/h18,20,43,45,51,53,59-63,65-76,78-81,83-89H,3-17,19,21-42,44,46-50,52,54-58H2,1-2H3,(H,77,82)/b20-18+,45-43+,53-51+. The minimum absolute atomic E-state index is 0.236. The molecular formula is C76H141NO18. The number of carbonyl (C=O) groups excluding carboxylic acids is 1. The molecule has 19 nitrogen and oxygen atoms in total. The Morgan fingerprint density at radius 3 is 1.05 bits per heavy atom. The Labute approximate surface area is 574 Å². The van der Waals surface area contributed by atoms with Crippen molar-refractivity contribution in [1.82, 2.24) is 5.32 Å². The molecule has 558 valence electrons. The predicted molar refractivity (Wildman–Crippen MR) is 374 cm³/mol. The monoisotopic (exact) mass is 1360 g/mol. The van der Waals surface area contributed by atoms with Crippen LogP contribution in [0.15, 0.2) is 36.5 Å². The van der Waals surface area contributed by atoms with E-state index in [4.69, 9.17) is 28.4 Å². The average molecular weight is 1360 g/mol. The Balaban J connectivity index is 1.34. The van der Waals surface area contributed by atoms with Crippen molar-refractivity contribution < 1.29 is 89.4 Å². The van der Waals surface area contributed by atoms with Crippen molar-refractivity contribution in [2.45, 2.75) is 413 Å². The van der Waals surface area contributed by atoms with Crippen molar-refractivity contribution in [2.24, 2.45) is 0 Å². The normalized spacial score (nSPS) is 27.4. The quantitative estimate of drug-likeness (QED) is 0.0199. The lowest BCUT2D eigenvalue weighted by molar-refractivity contribution is -0.379. The zero-order valence-electron chi connectivity index (χ0n) is 59.4. The number of hydrogen-bond acceptors (Lipinski definition) is 18. The maximum atomic E-state index is 13.4. The summed E-state index contributed by atoms with van der Waals surface area (Å²) in [4.78, 5) is 13.4. The molecule has 12 N–H and O–H groups in total. The van der Waals surface area contributed by atoms with Gasteiger partial charge >= 0.3 is 0 Å². The van der Waals surface area contributed by atoms with Crippen molar-refractivity contribution >= 4 is 5.91 Å². The van der Waals surface area contributed by atoms with Crippen LogP contribution in [0.4, 0.5) is 0 Å². The summed E-state index contributed by atoms with van der Waals surface area (Å²) in [6, 6.07) is -0.995. The molecule has 0 saturated carbocycles. The highest BCUT2D eigenvalue weighted by molar-refractivity contribution is 5.76. The van der Waals surface area contributed by atoms with E-state index < -0.39 is 124 Å². The average Bonchev–Trinajstić information content (AvgIpc) is 0.786. The lowest BCUT2D eigenvalue weighted by atomic mass is 9.96. The van der Waals surface area contributed by atoms with E-state index in [1.807, 2.05) is 6.08 Å². The fourth-order valence-corrected chi connectivity index (χ4v) is 13.2. The second-order valence-corrected chi connectivity index (χ2v) is 27.8. The van der Waals surface area contributed by atoms with Gasteiger partial charge in [0.2, 0.25) is 5.91 Å². The molecule has 0 aromatic rings. The molecule has 3 aliphatic rings. The Kier molecular flexibility index (Phi) is 52.9. The Bertz CT molecular complexity index is 1860. The molecule has 0 aromatic carbocycles. The largest absolute Gasteiger partial charge is 0.394 e. The molecule has 1 amide bonds. The maximum Gasteiger partial charge on any atom is 0.220 e. The van der Waals surface area contributed by atoms with E-state index in [0.717, 1.165) is 44.9 Å². The lowest BCUT2D eigenvalue weighted by Gasteiger charge is -2.48. The number of aliphatic hydroxyl groups is 11. The fourth-order valence-electron chi connectivity index (χ4n) is 13.2. The molecule has 3 aliphatic heterocycles. The van der Waals surface area contributed by atoms with Gasteiger partial charge in [0.15, 0.2) is 18.9 Å². The number of rotatable bonds is 61. The molecule has 3 fully saturated rings. The van der Waals surface area contributed by atoms with Crippen LogP contribution in [0.5, 0.6) is 0 Å². The number of nitrogens with one attached hydrogen (secondary N) is 1. The highest BCUT2D eigenvalue weighted by Gasteiger charge is 2.53. The molecule has 0 radical (unpaired) electrons. The first-order chi connectivity index (χ1) is 46.3. The van der Waals surface area contributed by atoms with E-state index in [0.29, 0.717) is 12.8 Å². The molecule has 17 unspecified atom stereocenters. The Hall–Kier alpha value is -1.99. The van der Waals surface area contributed by atoms with Gasteiger partial charge in [0, 0.05) is 6.42 Å². The second kappa shape index (κ2) is 57.6. The molecule has 3 heterocycles. The Morgan fingerprint density at radius 2 is 0.674 bits per heavy atom. The van der Waals surface area contributed by atoms with Gasteiger partial charge in [-0.3, -0.25) is 4.79 Å². The minimum Gasteiger partial charge on any atom is -0.394 e. The number of unbranched alkanes of at least 4 members (excludes halogenated alkanes) is 41. The number of aliphatic hydroxyl groups excluding tert-OH is 11. The van der Waals surface area contributed by atoms with E-state index >= 15 is 0 Å². The van der Waals surface area contributed by atoms with Gasteiger partial charge < -0.3 is 89.9 Å². The number of allylic oxidation sites excluding steroid dienone is 5. The molecule has 0 bridgehead atoms. The summed E-state index contributed by atoms with van der Waals surface area (Å²) in [5, 5.41) is 121. The molecular weight excluding hydrogens is 1210 g/mol. The van der Waals surface area contributed by atoms with E-state index in [2.05, 4.69) is 43.5 Å². The van der Waals surface area contributed by atoms with Gasteiger partial charge in [-0.1, -0.05) is 294 Å². The summed E-state index contributed by atoms with van der Waals surface area (Å²) >= 11 is 0. The summed E-state index contributed by atoms with van der Waals surface area (Å²) in [6.07, 6.45) is 43.0. The van der Waals surface area contributed by atoms with Crippen LogP contribution in [0.3, 0.4) is 0 Å². The summed E-state index contributed by atoms with van der Waals surface area (Å²) < 4.78 is 34.4. The van der Waals surface area contributed by atoms with Gasteiger partial charge in [-0.2, -0.15) is 0 Å². The van der Waals surface area contributed by atoms with E-state index in [-0.39, 0.29) is 18.9 Å². The molecule has 17 atom stereocenters. The lowest BCUT2D eigenvalue weighted by Crippen LogP contribution is -2.66. The van der Waals surface area contributed by atoms with Gasteiger partial charge in [0.25, 0.3) is 0 Å². The molecule has 0 aromatic heterocycles. The number of ether oxygens (including phenoxy) is 6. The third-order valence-electron chi connectivity index (χ3n) is 19.4. The van der Waals surface area contributed by atoms with Crippen molar-refractivity contribution in [3.63, 3.8) is 0 Å². The molecule has 0 aliphatic carbocycles. The van der Waals surface area contributed by atoms with Crippen LogP contribution in [0.2, 0.25) is 0 Å². The number of amides is 1. The zero-order valence-corrected chi connectivity index (χ0v) is 59.4. The van der Waals surface area contributed by atoms with Crippen LogP contribution >= 0.6 is 0 Å². The van der Waals surface area contributed by atoms with Crippen molar-refractivity contribution in [3.05, 3.63) is 36.5 Å². The number of hydrogen-bond donors (Lipinski definition) is 12. The highest BCUT2D eigenvalue weighted by atomic mass is 16.8. The SMILES string of the molecule is CCCCCCCC/C=C/CC/C=C/CC/C=C/C(O)C(COC1OC(CO)C(OC2OC(CO)C(OC3OC(CO)C(O)C(O)C3O)C(O)C2O)C(O)C1O)NC(=O)CCCCCCCCCCCCCCCCCCCCCCCCCCCCCCCCCCCC. The zero-order chi connectivity index (χ0) is 68.9. The van der Waals surface area contributed by atoms with Crippen LogP contribution in [0.1, 0.15) is 309 Å². The van der Waals surface area contributed by atoms with Crippen molar-refractivity contribution in [1.29, 1.82) is 0 Å². The van der Waals surface area contributed by atoms with Gasteiger partial charge in [-0.15, -0.1) is 0 Å². The minimum atomic E-state index is -1.98. The van der Waals surface area contributed by atoms with Crippen LogP contribution in [-0.2, 0) is 33.2 Å². The number of carbonyl (C=O) groups is 1. The van der Waals surface area contributed by atoms with Gasteiger partial charge in [0.1, 0.15) is 73.2 Å². The first-order valence-corrected chi connectivity index (χ1v) is 38.7.